The van der Waals surface area contributed by atoms with Gasteiger partial charge in [-0.15, -0.1) is 0 Å². The molecule has 160 valence electrons. The summed E-state index contributed by atoms with van der Waals surface area (Å²) in [6.07, 6.45) is 1.00. The lowest BCUT2D eigenvalue weighted by molar-refractivity contribution is 0.379. The molecule has 1 unspecified atom stereocenters. The number of aromatic nitrogens is 2. The molecule has 8 nitrogen and oxygen atoms in total. The van der Waals surface area contributed by atoms with Crippen LogP contribution in [0.1, 0.15) is 24.5 Å². The molecular weight excluding hydrogens is 408 g/mol. The normalized spacial score (nSPS) is 15.6. The zero-order valence-electron chi connectivity index (χ0n) is 17.8. The summed E-state index contributed by atoms with van der Waals surface area (Å²) >= 11 is 0. The number of methoxy groups -OCH3 is 1. The van der Waals surface area contributed by atoms with Gasteiger partial charge >= 0.3 is 11.6 Å². The van der Waals surface area contributed by atoms with E-state index < -0.39 is 5.63 Å². The predicted molar refractivity (Wildman–Crippen MR) is 120 cm³/mol. The molecule has 4 aromatic rings. The van der Waals surface area contributed by atoms with E-state index >= 15 is 0 Å². The van der Waals surface area contributed by atoms with Crippen molar-refractivity contribution in [3.63, 3.8) is 0 Å². The van der Waals surface area contributed by atoms with Gasteiger partial charge in [-0.3, -0.25) is 0 Å². The van der Waals surface area contributed by atoms with Crippen LogP contribution in [0, 0.1) is 18.3 Å². The van der Waals surface area contributed by atoms with Crippen molar-refractivity contribution in [1.82, 2.24) is 9.97 Å². The van der Waals surface area contributed by atoms with Crippen molar-refractivity contribution in [2.45, 2.75) is 26.3 Å². The van der Waals surface area contributed by atoms with Gasteiger partial charge in [0.15, 0.2) is 5.82 Å². The Bertz CT molecular complexity index is 1500. The average molecular weight is 428 g/mol. The third-order valence-corrected chi connectivity index (χ3v) is 6.07. The predicted octanol–water partition coefficient (Wildman–Crippen LogP) is 3.90. The second-order valence-electron chi connectivity index (χ2n) is 7.94. The Morgan fingerprint density at radius 3 is 2.75 bits per heavy atom. The first kappa shape index (κ1) is 19.8. The summed E-state index contributed by atoms with van der Waals surface area (Å²) in [7, 11) is 1.48. The van der Waals surface area contributed by atoms with Gasteiger partial charge in [-0.25, -0.2) is 4.79 Å². The number of fused-ring (bicyclic) bond motifs is 2. The Balaban J connectivity index is 1.88. The number of rotatable bonds is 3. The van der Waals surface area contributed by atoms with Crippen molar-refractivity contribution in [3.05, 3.63) is 51.9 Å². The number of phenols is 1. The van der Waals surface area contributed by atoms with Crippen LogP contribution in [0.5, 0.6) is 11.8 Å². The van der Waals surface area contributed by atoms with Crippen LogP contribution in [0.4, 0.5) is 5.82 Å². The molecular formula is C24H20N4O4. The molecule has 0 radical (unpaired) electrons. The van der Waals surface area contributed by atoms with E-state index in [1.807, 2.05) is 4.90 Å². The van der Waals surface area contributed by atoms with Gasteiger partial charge in [0.25, 0.3) is 0 Å². The first-order valence-electron chi connectivity index (χ1n) is 10.2. The Kier molecular flexibility index (Phi) is 4.48. The maximum absolute atomic E-state index is 13.2. The smallest absolute Gasteiger partial charge is 0.349 e. The summed E-state index contributed by atoms with van der Waals surface area (Å²) in [4.78, 5) is 24.2. The van der Waals surface area contributed by atoms with Crippen LogP contribution in [-0.2, 0) is 0 Å². The lowest BCUT2D eigenvalue weighted by Gasteiger charge is -2.40. The van der Waals surface area contributed by atoms with Gasteiger partial charge in [-0.2, -0.15) is 15.2 Å². The highest BCUT2D eigenvalue weighted by molar-refractivity contribution is 6.03. The third-order valence-electron chi connectivity index (χ3n) is 6.07. The molecule has 5 rings (SSSR count). The highest BCUT2D eigenvalue weighted by atomic mass is 16.5. The zero-order valence-corrected chi connectivity index (χ0v) is 17.8. The van der Waals surface area contributed by atoms with Crippen molar-refractivity contribution < 1.29 is 14.3 Å². The Labute approximate surface area is 183 Å². The van der Waals surface area contributed by atoms with E-state index in [0.717, 1.165) is 13.0 Å². The average Bonchev–Trinajstić information content (AvgIpc) is 2.78. The number of aryl methyl sites for hydroxylation is 1. The molecule has 0 saturated carbocycles. The number of nitrogens with zero attached hydrogens (tertiary/aromatic N) is 4. The van der Waals surface area contributed by atoms with E-state index in [-0.39, 0.29) is 23.6 Å². The van der Waals surface area contributed by atoms with E-state index in [2.05, 4.69) is 23.0 Å². The number of nitriles is 1. The summed E-state index contributed by atoms with van der Waals surface area (Å²) < 4.78 is 11.1. The quantitative estimate of drug-likeness (QED) is 0.523. The standard InChI is InChI=1S/C24H20N4O4/c1-12-7-8-28(12)22-19-20(26-24(27-22)31-3)13(2)21(32-23(19)30)17-10-16(29)9-14-5-4-6-15(11-25)18(14)17/h4-6,9-10,12,29H,7-8H2,1-3H3. The molecule has 1 aliphatic rings. The second kappa shape index (κ2) is 7.24. The molecule has 0 aliphatic carbocycles. The maximum atomic E-state index is 13.2. The molecule has 2 aromatic heterocycles. The van der Waals surface area contributed by atoms with E-state index in [1.165, 1.54) is 13.2 Å². The molecule has 3 heterocycles. The monoisotopic (exact) mass is 428 g/mol. The van der Waals surface area contributed by atoms with E-state index in [9.17, 15) is 15.2 Å². The summed E-state index contributed by atoms with van der Waals surface area (Å²) in [6.45, 7) is 4.63. The van der Waals surface area contributed by atoms with Crippen LogP contribution < -0.4 is 15.3 Å². The first-order valence-corrected chi connectivity index (χ1v) is 10.2. The molecule has 8 heteroatoms. The minimum absolute atomic E-state index is 0.0000896. The lowest BCUT2D eigenvalue weighted by atomic mass is 9.95. The molecule has 0 bridgehead atoms. The van der Waals surface area contributed by atoms with Gasteiger partial charge in [0, 0.05) is 29.1 Å². The van der Waals surface area contributed by atoms with Gasteiger partial charge < -0.3 is 19.2 Å². The Morgan fingerprint density at radius 2 is 2.09 bits per heavy atom. The Hall–Kier alpha value is -4.12. The molecule has 1 saturated heterocycles. The van der Waals surface area contributed by atoms with Gasteiger partial charge in [0.2, 0.25) is 0 Å². The number of hydrogen-bond donors (Lipinski definition) is 1. The number of hydrogen-bond acceptors (Lipinski definition) is 8. The largest absolute Gasteiger partial charge is 0.508 e. The zero-order chi connectivity index (χ0) is 22.6. The fourth-order valence-electron chi connectivity index (χ4n) is 4.29. The van der Waals surface area contributed by atoms with Crippen LogP contribution >= 0.6 is 0 Å². The molecule has 1 atom stereocenters. The molecule has 1 N–H and O–H groups in total. The fourth-order valence-corrected chi connectivity index (χ4v) is 4.29. The van der Waals surface area contributed by atoms with Crippen molar-refractivity contribution in [3.8, 4) is 29.2 Å². The topological polar surface area (TPSA) is 112 Å². The lowest BCUT2D eigenvalue weighted by Crippen LogP contribution is -2.46. The molecule has 0 spiro atoms. The van der Waals surface area contributed by atoms with Gasteiger partial charge in [0.05, 0.1) is 24.3 Å². The molecule has 1 aliphatic heterocycles. The second-order valence-corrected chi connectivity index (χ2v) is 7.94. The van der Waals surface area contributed by atoms with Crippen molar-refractivity contribution in [2.24, 2.45) is 0 Å². The number of benzene rings is 2. The van der Waals surface area contributed by atoms with Gasteiger partial charge in [-0.1, -0.05) is 12.1 Å². The van der Waals surface area contributed by atoms with Crippen LogP contribution in [0.2, 0.25) is 0 Å². The molecule has 0 amide bonds. The van der Waals surface area contributed by atoms with Crippen LogP contribution in [0.15, 0.2) is 39.5 Å². The SMILES string of the molecule is COc1nc(N2CCC2C)c2c(=O)oc(-c3cc(O)cc4cccc(C#N)c34)c(C)c2n1. The molecule has 1 fully saturated rings. The Morgan fingerprint density at radius 1 is 1.28 bits per heavy atom. The van der Waals surface area contributed by atoms with Gasteiger partial charge in [-0.05, 0) is 43.9 Å². The van der Waals surface area contributed by atoms with Crippen molar-refractivity contribution in [1.29, 1.82) is 5.26 Å². The highest BCUT2D eigenvalue weighted by Crippen LogP contribution is 2.39. The van der Waals surface area contributed by atoms with Crippen molar-refractivity contribution in [2.75, 3.05) is 18.6 Å². The van der Waals surface area contributed by atoms with E-state index in [1.54, 1.807) is 31.2 Å². The molecule has 32 heavy (non-hydrogen) atoms. The minimum atomic E-state index is -0.580. The number of aromatic hydroxyl groups is 1. The molecule has 2 aromatic carbocycles. The summed E-state index contributed by atoms with van der Waals surface area (Å²) in [5.41, 5.74) is 1.29. The van der Waals surface area contributed by atoms with Crippen LogP contribution in [0.25, 0.3) is 33.0 Å². The van der Waals surface area contributed by atoms with Crippen molar-refractivity contribution >= 4 is 27.5 Å². The summed E-state index contributed by atoms with van der Waals surface area (Å²) in [6, 6.07) is 10.9. The number of ether oxygens (including phenoxy) is 1. The number of anilines is 1. The summed E-state index contributed by atoms with van der Waals surface area (Å²) in [5, 5.41) is 21.5. The maximum Gasteiger partial charge on any atom is 0.349 e. The van der Waals surface area contributed by atoms with Crippen LogP contribution in [-0.4, -0.2) is 34.8 Å². The highest BCUT2D eigenvalue weighted by Gasteiger charge is 2.30. The van der Waals surface area contributed by atoms with Gasteiger partial charge in [0.1, 0.15) is 16.9 Å². The number of phenolic OH excluding ortho intramolecular Hbond substituents is 1. The summed E-state index contributed by atoms with van der Waals surface area (Å²) in [5.74, 6) is 0.738. The third kappa shape index (κ3) is 2.86. The van der Waals surface area contributed by atoms with E-state index in [4.69, 9.17) is 9.15 Å². The first-order chi connectivity index (χ1) is 15.4. The fraction of sp³-hybridized carbons (Fsp3) is 0.250. The minimum Gasteiger partial charge on any atom is -0.508 e. The van der Waals surface area contributed by atoms with E-state index in [0.29, 0.717) is 44.2 Å². The van der Waals surface area contributed by atoms with Crippen LogP contribution in [0.3, 0.4) is 0 Å².